The fourth-order valence-corrected chi connectivity index (χ4v) is 1.09. The van der Waals surface area contributed by atoms with Gasteiger partial charge in [0.1, 0.15) is 0 Å². The second-order valence-corrected chi connectivity index (χ2v) is 3.36. The van der Waals surface area contributed by atoms with Crippen LogP contribution in [0.1, 0.15) is 52.9 Å². The minimum atomic E-state index is -0.130. The molecule has 0 unspecified atom stereocenters. The number of esters is 1. The number of carbonyl (C=O) groups is 1. The largest absolute Gasteiger partial charge is 0.462 e. The topological polar surface area (TPSA) is 26.3 Å². The molecule has 0 radical (unpaired) electrons. The Balaban J connectivity index is 3.91. The highest BCUT2D eigenvalue weighted by molar-refractivity contribution is 5.88. The summed E-state index contributed by atoms with van der Waals surface area (Å²) in [5.41, 5.74) is 0.822. The zero-order valence-electron chi connectivity index (χ0n) is 9.64. The first-order valence-corrected chi connectivity index (χ1v) is 5.62. The van der Waals surface area contributed by atoms with Crippen molar-refractivity contribution in [3.8, 4) is 0 Å². The molecule has 0 aromatic carbocycles. The molecule has 0 spiro atoms. The van der Waals surface area contributed by atoms with Gasteiger partial charge < -0.3 is 4.74 Å². The van der Waals surface area contributed by atoms with Gasteiger partial charge in [0, 0.05) is 5.57 Å². The van der Waals surface area contributed by atoms with Crippen LogP contribution in [0, 0.1) is 0 Å². The van der Waals surface area contributed by atoms with Crippen molar-refractivity contribution in [1.29, 1.82) is 0 Å². The average Bonchev–Trinajstić information content (AvgIpc) is 2.19. The SMILES string of the molecule is CCCC=C(CC)C(=O)OCCCC. The van der Waals surface area contributed by atoms with Crippen LogP contribution in [0.2, 0.25) is 0 Å². The number of ether oxygens (including phenoxy) is 1. The van der Waals surface area contributed by atoms with Crippen LogP contribution < -0.4 is 0 Å². The van der Waals surface area contributed by atoms with Crippen molar-refractivity contribution in [3.63, 3.8) is 0 Å². The van der Waals surface area contributed by atoms with E-state index in [2.05, 4.69) is 13.8 Å². The lowest BCUT2D eigenvalue weighted by molar-refractivity contribution is -0.139. The summed E-state index contributed by atoms with van der Waals surface area (Å²) in [6, 6.07) is 0. The Labute approximate surface area is 87.3 Å². The smallest absolute Gasteiger partial charge is 0.333 e. The van der Waals surface area contributed by atoms with Crippen LogP contribution in [0.25, 0.3) is 0 Å². The number of carbonyl (C=O) groups excluding carboxylic acids is 1. The molecule has 0 saturated heterocycles. The maximum atomic E-state index is 11.5. The fraction of sp³-hybridized carbons (Fsp3) is 0.750. The van der Waals surface area contributed by atoms with Gasteiger partial charge in [0.15, 0.2) is 0 Å². The minimum absolute atomic E-state index is 0.130. The van der Waals surface area contributed by atoms with Crippen molar-refractivity contribution >= 4 is 5.97 Å². The second kappa shape index (κ2) is 8.79. The molecule has 0 saturated carbocycles. The first kappa shape index (κ1) is 13.2. The van der Waals surface area contributed by atoms with Gasteiger partial charge >= 0.3 is 5.97 Å². The van der Waals surface area contributed by atoms with Crippen molar-refractivity contribution in [2.45, 2.75) is 52.9 Å². The molecular weight excluding hydrogens is 176 g/mol. The van der Waals surface area contributed by atoms with E-state index in [1.165, 1.54) is 0 Å². The lowest BCUT2D eigenvalue weighted by Crippen LogP contribution is -2.08. The number of allylic oxidation sites excluding steroid dienone is 1. The number of hydrogen-bond donors (Lipinski definition) is 0. The van der Waals surface area contributed by atoms with Gasteiger partial charge in [-0.1, -0.05) is 39.7 Å². The minimum Gasteiger partial charge on any atom is -0.462 e. The van der Waals surface area contributed by atoms with Crippen LogP contribution in [-0.2, 0) is 9.53 Å². The van der Waals surface area contributed by atoms with E-state index in [1.54, 1.807) is 0 Å². The molecule has 0 N–H and O–H groups in total. The van der Waals surface area contributed by atoms with Crippen LogP contribution in [0.4, 0.5) is 0 Å². The summed E-state index contributed by atoms with van der Waals surface area (Å²) in [5.74, 6) is -0.130. The van der Waals surface area contributed by atoms with Crippen molar-refractivity contribution < 1.29 is 9.53 Å². The third-order valence-corrected chi connectivity index (χ3v) is 2.05. The van der Waals surface area contributed by atoms with Crippen LogP contribution in [0.15, 0.2) is 11.6 Å². The molecule has 82 valence electrons. The Hall–Kier alpha value is -0.790. The predicted octanol–water partition coefficient (Wildman–Crippen LogP) is 3.47. The summed E-state index contributed by atoms with van der Waals surface area (Å²) in [7, 11) is 0. The predicted molar refractivity (Wildman–Crippen MR) is 59.1 cm³/mol. The van der Waals surface area contributed by atoms with E-state index in [0.29, 0.717) is 6.61 Å². The Morgan fingerprint density at radius 3 is 2.43 bits per heavy atom. The van der Waals surface area contributed by atoms with Gasteiger partial charge in [-0.3, -0.25) is 0 Å². The molecular formula is C12H22O2. The summed E-state index contributed by atoms with van der Waals surface area (Å²) in [6.07, 6.45) is 6.82. The first-order chi connectivity index (χ1) is 6.76. The molecule has 0 atom stereocenters. The van der Waals surface area contributed by atoms with E-state index < -0.39 is 0 Å². The highest BCUT2D eigenvalue weighted by Crippen LogP contribution is 2.06. The molecule has 0 aliphatic carbocycles. The number of hydrogen-bond acceptors (Lipinski definition) is 2. The van der Waals surface area contributed by atoms with Gasteiger partial charge in [0.2, 0.25) is 0 Å². The third-order valence-electron chi connectivity index (χ3n) is 2.05. The molecule has 0 heterocycles. The van der Waals surface area contributed by atoms with Crippen molar-refractivity contribution in [2.24, 2.45) is 0 Å². The molecule has 0 aliphatic heterocycles. The molecule has 0 rings (SSSR count). The third kappa shape index (κ3) is 5.79. The molecule has 0 bridgehead atoms. The fourth-order valence-electron chi connectivity index (χ4n) is 1.09. The lowest BCUT2D eigenvalue weighted by Gasteiger charge is -2.05. The van der Waals surface area contributed by atoms with Gasteiger partial charge in [0.25, 0.3) is 0 Å². The monoisotopic (exact) mass is 198 g/mol. The summed E-state index contributed by atoms with van der Waals surface area (Å²) < 4.78 is 5.13. The van der Waals surface area contributed by atoms with Crippen LogP contribution >= 0.6 is 0 Å². The lowest BCUT2D eigenvalue weighted by atomic mass is 10.1. The Kier molecular flexibility index (Phi) is 8.30. The second-order valence-electron chi connectivity index (χ2n) is 3.36. The van der Waals surface area contributed by atoms with Crippen molar-refractivity contribution in [1.82, 2.24) is 0 Å². The van der Waals surface area contributed by atoms with E-state index in [4.69, 9.17) is 4.74 Å². The Morgan fingerprint density at radius 2 is 1.93 bits per heavy atom. The summed E-state index contributed by atoms with van der Waals surface area (Å²) >= 11 is 0. The van der Waals surface area contributed by atoms with Gasteiger partial charge in [-0.15, -0.1) is 0 Å². The van der Waals surface area contributed by atoms with E-state index in [1.807, 2.05) is 13.0 Å². The normalized spacial score (nSPS) is 11.5. The average molecular weight is 198 g/mol. The van der Waals surface area contributed by atoms with E-state index in [9.17, 15) is 4.79 Å². The van der Waals surface area contributed by atoms with Gasteiger partial charge in [0.05, 0.1) is 6.61 Å². The molecule has 2 heteroatoms. The quantitative estimate of drug-likeness (QED) is 0.356. The van der Waals surface area contributed by atoms with Crippen LogP contribution in [0.5, 0.6) is 0 Å². The van der Waals surface area contributed by atoms with E-state index in [-0.39, 0.29) is 5.97 Å². The highest BCUT2D eigenvalue weighted by Gasteiger charge is 2.07. The highest BCUT2D eigenvalue weighted by atomic mass is 16.5. The molecule has 14 heavy (non-hydrogen) atoms. The molecule has 0 fully saturated rings. The van der Waals surface area contributed by atoms with Gasteiger partial charge in [-0.05, 0) is 19.3 Å². The molecule has 2 nitrogen and oxygen atoms in total. The Morgan fingerprint density at radius 1 is 1.21 bits per heavy atom. The number of rotatable bonds is 7. The van der Waals surface area contributed by atoms with Crippen molar-refractivity contribution in [3.05, 3.63) is 11.6 Å². The first-order valence-electron chi connectivity index (χ1n) is 5.62. The molecule has 0 amide bonds. The molecule has 0 aromatic heterocycles. The Bertz CT molecular complexity index is 183. The zero-order chi connectivity index (χ0) is 10.8. The summed E-state index contributed by atoms with van der Waals surface area (Å²) in [4.78, 5) is 11.5. The van der Waals surface area contributed by atoms with Gasteiger partial charge in [-0.25, -0.2) is 4.79 Å². The maximum Gasteiger partial charge on any atom is 0.333 e. The van der Waals surface area contributed by atoms with Crippen molar-refractivity contribution in [2.75, 3.05) is 6.61 Å². The standard InChI is InChI=1S/C12H22O2/c1-4-7-9-11(6-3)12(13)14-10-8-5-2/h9H,4-8,10H2,1-3H3. The van der Waals surface area contributed by atoms with Crippen LogP contribution in [0.3, 0.4) is 0 Å². The summed E-state index contributed by atoms with van der Waals surface area (Å²) in [6.45, 7) is 6.73. The van der Waals surface area contributed by atoms with E-state index >= 15 is 0 Å². The molecule has 0 aliphatic rings. The van der Waals surface area contributed by atoms with Gasteiger partial charge in [-0.2, -0.15) is 0 Å². The van der Waals surface area contributed by atoms with E-state index in [0.717, 1.165) is 37.7 Å². The number of unbranched alkanes of at least 4 members (excludes halogenated alkanes) is 2. The van der Waals surface area contributed by atoms with Crippen LogP contribution in [-0.4, -0.2) is 12.6 Å². The zero-order valence-corrected chi connectivity index (χ0v) is 9.64. The molecule has 0 aromatic rings. The summed E-state index contributed by atoms with van der Waals surface area (Å²) in [5, 5.41) is 0. The maximum absolute atomic E-state index is 11.5.